The number of nitrogens with one attached hydrogen (secondary N) is 1. The van der Waals surface area contributed by atoms with E-state index >= 15 is 0 Å². The Morgan fingerprint density at radius 3 is 2.55 bits per heavy atom. The fourth-order valence-electron chi connectivity index (χ4n) is 2.53. The van der Waals surface area contributed by atoms with Crippen LogP contribution in [-0.4, -0.2) is 59.3 Å². The first kappa shape index (κ1) is 24.2. The molecule has 0 aromatic heterocycles. The zero-order valence-electron chi connectivity index (χ0n) is 18.2. The van der Waals surface area contributed by atoms with Gasteiger partial charge in [0.25, 0.3) is 5.91 Å². The van der Waals surface area contributed by atoms with E-state index in [-0.39, 0.29) is 11.5 Å². The number of aryl methyl sites for hydroxylation is 1. The molecule has 2 aromatic rings. The number of methoxy groups -OCH3 is 1. The van der Waals surface area contributed by atoms with E-state index in [1.165, 1.54) is 32.4 Å². The van der Waals surface area contributed by atoms with Gasteiger partial charge in [-0.15, -0.1) is 0 Å². The average Bonchev–Trinajstić information content (AvgIpc) is 2.73. The summed E-state index contributed by atoms with van der Waals surface area (Å²) in [5.41, 5.74) is 1.81. The molecule has 9 nitrogen and oxygen atoms in total. The molecular weight excluding hydrogens is 422 g/mol. The summed E-state index contributed by atoms with van der Waals surface area (Å²) in [6.45, 7) is 3.83. The molecule has 1 N–H and O–H groups in total. The van der Waals surface area contributed by atoms with E-state index in [4.69, 9.17) is 14.3 Å². The molecule has 10 heteroatoms. The van der Waals surface area contributed by atoms with Gasteiger partial charge in [0, 0.05) is 25.3 Å². The summed E-state index contributed by atoms with van der Waals surface area (Å²) in [6.07, 6.45) is 1.45. The Morgan fingerprint density at radius 2 is 1.90 bits per heavy atom. The summed E-state index contributed by atoms with van der Waals surface area (Å²) in [5, 5.41) is 6.43. The van der Waals surface area contributed by atoms with E-state index in [0.29, 0.717) is 29.4 Å². The largest absolute Gasteiger partial charge is 0.493 e. The van der Waals surface area contributed by atoms with Gasteiger partial charge in [0.15, 0.2) is 18.1 Å². The summed E-state index contributed by atoms with van der Waals surface area (Å²) in [5.74, 6) is 0.715. The first-order chi connectivity index (χ1) is 14.7. The number of rotatable bonds is 10. The highest BCUT2D eigenvalue weighted by atomic mass is 32.2. The van der Waals surface area contributed by atoms with Crippen molar-refractivity contribution in [1.82, 2.24) is 4.31 Å². The van der Waals surface area contributed by atoms with Crippen molar-refractivity contribution in [3.05, 3.63) is 47.5 Å². The molecule has 0 saturated heterocycles. The molecule has 1 amide bonds. The van der Waals surface area contributed by atoms with Gasteiger partial charge in [0.2, 0.25) is 10.0 Å². The molecule has 0 radical (unpaired) electrons. The molecule has 0 heterocycles. The molecule has 0 bridgehead atoms. The minimum atomic E-state index is -3.61. The minimum Gasteiger partial charge on any atom is -0.493 e. The van der Waals surface area contributed by atoms with Crippen LogP contribution in [0.2, 0.25) is 0 Å². The van der Waals surface area contributed by atoms with E-state index in [2.05, 4.69) is 10.5 Å². The number of amides is 1. The van der Waals surface area contributed by atoms with Gasteiger partial charge < -0.3 is 19.6 Å². The maximum Gasteiger partial charge on any atom is 0.265 e. The number of benzene rings is 2. The number of ether oxygens (including phenoxy) is 2. The molecular formula is C21H27N3O6S. The predicted molar refractivity (Wildman–Crippen MR) is 118 cm³/mol. The predicted octanol–water partition coefficient (Wildman–Crippen LogP) is 2.64. The first-order valence-corrected chi connectivity index (χ1v) is 10.9. The number of oxime groups is 1. The fourth-order valence-corrected chi connectivity index (χ4v) is 3.46. The first-order valence-electron chi connectivity index (χ1n) is 9.48. The third-order valence-corrected chi connectivity index (χ3v) is 6.03. The SMILES string of the molecule is CCOc1ccc(/C=N/OCC(=O)Nc2cc(S(=O)(=O)N(C)C)ccc2C)cc1OC. The van der Waals surface area contributed by atoms with Crippen LogP contribution < -0.4 is 14.8 Å². The van der Waals surface area contributed by atoms with Crippen LogP contribution in [0.25, 0.3) is 0 Å². The van der Waals surface area contributed by atoms with Crippen molar-refractivity contribution < 1.29 is 27.5 Å². The Hall–Kier alpha value is -3.11. The Balaban J connectivity index is 1.98. The van der Waals surface area contributed by atoms with Crippen molar-refractivity contribution in [3.8, 4) is 11.5 Å². The Kier molecular flexibility index (Phi) is 8.40. The zero-order chi connectivity index (χ0) is 23.0. The van der Waals surface area contributed by atoms with E-state index in [0.717, 1.165) is 9.87 Å². The van der Waals surface area contributed by atoms with Crippen LogP contribution in [0.15, 0.2) is 46.4 Å². The maximum atomic E-state index is 12.3. The van der Waals surface area contributed by atoms with Gasteiger partial charge in [0.05, 0.1) is 24.8 Å². The molecule has 0 unspecified atom stereocenters. The van der Waals surface area contributed by atoms with E-state index in [1.807, 2.05) is 6.92 Å². The standard InChI is InChI=1S/C21H27N3O6S/c1-6-29-19-10-8-16(11-20(19)28-5)13-22-30-14-21(25)23-18-12-17(9-7-15(18)2)31(26,27)24(3)4/h7-13H,6,14H2,1-5H3,(H,23,25)/b22-13+. The quantitative estimate of drug-likeness (QED) is 0.441. The molecule has 2 rings (SSSR count). The monoisotopic (exact) mass is 449 g/mol. The van der Waals surface area contributed by atoms with Crippen molar-refractivity contribution in [2.75, 3.05) is 39.7 Å². The zero-order valence-corrected chi connectivity index (χ0v) is 19.0. The lowest BCUT2D eigenvalue weighted by atomic mass is 10.2. The number of sulfonamides is 1. The molecule has 2 aromatic carbocycles. The Bertz CT molecular complexity index is 1050. The second-order valence-corrected chi connectivity index (χ2v) is 8.82. The molecule has 31 heavy (non-hydrogen) atoms. The number of carbonyl (C=O) groups is 1. The van der Waals surface area contributed by atoms with Crippen LogP contribution in [-0.2, 0) is 19.7 Å². The van der Waals surface area contributed by atoms with E-state index in [1.54, 1.807) is 38.3 Å². The highest BCUT2D eigenvalue weighted by molar-refractivity contribution is 7.89. The summed E-state index contributed by atoms with van der Waals surface area (Å²) >= 11 is 0. The lowest BCUT2D eigenvalue weighted by Crippen LogP contribution is -2.23. The van der Waals surface area contributed by atoms with Crippen molar-refractivity contribution in [2.45, 2.75) is 18.7 Å². The number of carbonyl (C=O) groups excluding carboxylic acids is 1. The molecule has 0 spiro atoms. The highest BCUT2D eigenvalue weighted by Crippen LogP contribution is 2.27. The summed E-state index contributed by atoms with van der Waals surface area (Å²) in [6, 6.07) is 9.81. The van der Waals surface area contributed by atoms with Gasteiger partial charge in [-0.3, -0.25) is 4.79 Å². The molecule has 0 saturated carbocycles. The third kappa shape index (κ3) is 6.43. The molecule has 0 fully saturated rings. The van der Waals surface area contributed by atoms with Crippen LogP contribution in [0.5, 0.6) is 11.5 Å². The van der Waals surface area contributed by atoms with E-state index < -0.39 is 15.9 Å². The van der Waals surface area contributed by atoms with Crippen LogP contribution in [0, 0.1) is 6.92 Å². The molecule has 0 aliphatic carbocycles. The van der Waals surface area contributed by atoms with Gasteiger partial charge in [-0.25, -0.2) is 12.7 Å². The second-order valence-electron chi connectivity index (χ2n) is 6.66. The maximum absolute atomic E-state index is 12.3. The Labute approximate surface area is 182 Å². The summed E-state index contributed by atoms with van der Waals surface area (Å²) in [4.78, 5) is 17.3. The van der Waals surface area contributed by atoms with Crippen LogP contribution in [0.1, 0.15) is 18.1 Å². The normalized spacial score (nSPS) is 11.5. The minimum absolute atomic E-state index is 0.0850. The summed E-state index contributed by atoms with van der Waals surface area (Å²) in [7, 11) is 0.821. The van der Waals surface area contributed by atoms with Crippen LogP contribution >= 0.6 is 0 Å². The fraction of sp³-hybridized carbons (Fsp3) is 0.333. The summed E-state index contributed by atoms with van der Waals surface area (Å²) < 4.78 is 36.4. The van der Waals surface area contributed by atoms with Gasteiger partial charge in [-0.05, 0) is 49.7 Å². The number of hydrogen-bond donors (Lipinski definition) is 1. The van der Waals surface area contributed by atoms with Gasteiger partial charge in [-0.2, -0.15) is 0 Å². The van der Waals surface area contributed by atoms with Crippen molar-refractivity contribution in [3.63, 3.8) is 0 Å². The number of anilines is 1. The van der Waals surface area contributed by atoms with Crippen molar-refractivity contribution >= 4 is 27.8 Å². The topological polar surface area (TPSA) is 107 Å². The number of hydrogen-bond acceptors (Lipinski definition) is 7. The smallest absolute Gasteiger partial charge is 0.265 e. The van der Waals surface area contributed by atoms with Crippen LogP contribution in [0.4, 0.5) is 5.69 Å². The lowest BCUT2D eigenvalue weighted by Gasteiger charge is -2.14. The third-order valence-electron chi connectivity index (χ3n) is 4.22. The van der Waals surface area contributed by atoms with Gasteiger partial charge in [0.1, 0.15) is 0 Å². The van der Waals surface area contributed by atoms with Gasteiger partial charge >= 0.3 is 0 Å². The van der Waals surface area contributed by atoms with Crippen molar-refractivity contribution in [1.29, 1.82) is 0 Å². The molecule has 0 aliphatic heterocycles. The molecule has 0 aliphatic rings. The highest BCUT2D eigenvalue weighted by Gasteiger charge is 2.18. The molecule has 0 atom stereocenters. The molecule has 168 valence electrons. The van der Waals surface area contributed by atoms with Gasteiger partial charge in [-0.1, -0.05) is 11.2 Å². The number of nitrogens with zero attached hydrogens (tertiary/aromatic N) is 2. The average molecular weight is 450 g/mol. The van der Waals surface area contributed by atoms with E-state index in [9.17, 15) is 13.2 Å². The second kappa shape index (κ2) is 10.8. The Morgan fingerprint density at radius 1 is 1.16 bits per heavy atom. The lowest BCUT2D eigenvalue weighted by molar-refractivity contribution is -0.120. The van der Waals surface area contributed by atoms with Crippen LogP contribution in [0.3, 0.4) is 0 Å². The van der Waals surface area contributed by atoms with Crippen molar-refractivity contribution in [2.24, 2.45) is 5.16 Å².